The van der Waals surface area contributed by atoms with Crippen LogP contribution in [0.15, 0.2) is 36.8 Å². The molecule has 2 bridgehead atoms. The zero-order valence-electron chi connectivity index (χ0n) is 28.2. The Hall–Kier alpha value is -4.62. The molecule has 0 aliphatic carbocycles. The zero-order chi connectivity index (χ0) is 39.0. The smallest absolute Gasteiger partial charge is 0.475 e. The molecule has 0 amide bonds. The van der Waals surface area contributed by atoms with E-state index in [1.165, 1.54) is 12.8 Å². The number of benzene rings is 1. The van der Waals surface area contributed by atoms with Crippen LogP contribution in [-0.2, 0) is 9.59 Å². The fourth-order valence-electron chi connectivity index (χ4n) is 7.51. The van der Waals surface area contributed by atoms with Gasteiger partial charge in [0, 0.05) is 65.1 Å². The first-order chi connectivity index (χ1) is 25.5. The molecule has 8 rings (SSSR count). The van der Waals surface area contributed by atoms with E-state index in [1.807, 2.05) is 12.1 Å². The highest BCUT2D eigenvalue weighted by Gasteiger charge is 2.45. The molecule has 0 saturated carbocycles. The average molecular weight is 788 g/mol. The predicted molar refractivity (Wildman–Crippen MR) is 181 cm³/mol. The van der Waals surface area contributed by atoms with Crippen molar-refractivity contribution in [2.24, 2.45) is 0 Å². The van der Waals surface area contributed by atoms with Gasteiger partial charge in [-0.2, -0.15) is 36.3 Å². The minimum absolute atomic E-state index is 0.0416. The summed E-state index contributed by atoms with van der Waals surface area (Å²) in [5.74, 6) is -5.34. The van der Waals surface area contributed by atoms with Crippen LogP contribution >= 0.6 is 11.6 Å². The van der Waals surface area contributed by atoms with E-state index in [9.17, 15) is 26.3 Å². The Morgan fingerprint density at radius 2 is 1.56 bits per heavy atom. The van der Waals surface area contributed by atoms with Gasteiger partial charge in [0.05, 0.1) is 10.9 Å². The van der Waals surface area contributed by atoms with Crippen LogP contribution in [0.2, 0.25) is 5.02 Å². The van der Waals surface area contributed by atoms with Gasteiger partial charge in [-0.3, -0.25) is 14.9 Å². The number of nitrogens with zero attached hydrogens (tertiary/aromatic N) is 6. The number of rotatable bonds is 5. The Labute approximate surface area is 307 Å². The molecule has 3 aromatic heterocycles. The fourth-order valence-corrected chi connectivity index (χ4v) is 7.80. The van der Waals surface area contributed by atoms with Crippen molar-refractivity contribution in [1.82, 2.24) is 30.2 Å². The molecule has 7 heterocycles. The van der Waals surface area contributed by atoms with Crippen molar-refractivity contribution in [2.45, 2.75) is 68.5 Å². The van der Waals surface area contributed by atoms with Crippen LogP contribution in [0.1, 0.15) is 38.5 Å². The lowest BCUT2D eigenvalue weighted by Gasteiger charge is -2.34. The van der Waals surface area contributed by atoms with Crippen LogP contribution in [-0.4, -0.2) is 110 Å². The summed E-state index contributed by atoms with van der Waals surface area (Å²) in [6.07, 6.45) is 1.74. The molecule has 0 radical (unpaired) electrons. The number of alkyl halides is 6. The van der Waals surface area contributed by atoms with E-state index < -0.39 is 30.1 Å². The first kappa shape index (κ1) is 39.1. The number of halogens is 8. The highest BCUT2D eigenvalue weighted by molar-refractivity contribution is 6.36. The normalized spacial score (nSPS) is 20.6. The van der Waals surface area contributed by atoms with E-state index in [0.717, 1.165) is 62.6 Å². The fraction of sp³-hybridized carbons (Fsp3) is 0.471. The lowest BCUT2D eigenvalue weighted by atomic mass is 9.95. The molecule has 54 heavy (non-hydrogen) atoms. The van der Waals surface area contributed by atoms with Gasteiger partial charge in [0.15, 0.2) is 5.82 Å². The number of anilines is 1. The lowest BCUT2D eigenvalue weighted by molar-refractivity contribution is -0.193. The largest absolute Gasteiger partial charge is 0.490 e. The molecule has 4 aliphatic rings. The van der Waals surface area contributed by atoms with Crippen molar-refractivity contribution in [3.8, 4) is 17.3 Å². The van der Waals surface area contributed by atoms with E-state index in [0.29, 0.717) is 40.5 Å². The van der Waals surface area contributed by atoms with Gasteiger partial charge in [-0.15, -0.1) is 0 Å². The van der Waals surface area contributed by atoms with E-state index >= 15 is 4.39 Å². The second-order valence-electron chi connectivity index (χ2n) is 13.4. The van der Waals surface area contributed by atoms with Crippen LogP contribution in [0.5, 0.6) is 6.01 Å². The minimum Gasteiger partial charge on any atom is -0.475 e. The van der Waals surface area contributed by atoms with Gasteiger partial charge in [0.2, 0.25) is 0 Å². The van der Waals surface area contributed by atoms with Gasteiger partial charge in [-0.1, -0.05) is 23.7 Å². The van der Waals surface area contributed by atoms with Crippen molar-refractivity contribution >= 4 is 51.0 Å². The van der Waals surface area contributed by atoms with Crippen LogP contribution in [0, 0.1) is 5.82 Å². The molecule has 2 atom stereocenters. The molecular formula is C34H33ClF7N7O5. The number of carbonyl (C=O) groups is 2. The van der Waals surface area contributed by atoms with Crippen LogP contribution in [0.25, 0.3) is 32.9 Å². The summed E-state index contributed by atoms with van der Waals surface area (Å²) in [6, 6.07) is 6.60. The van der Waals surface area contributed by atoms with Crippen molar-refractivity contribution in [3.05, 3.63) is 47.6 Å². The number of fused-ring (bicyclic) bond motifs is 5. The minimum atomic E-state index is -5.08. The second-order valence-corrected chi connectivity index (χ2v) is 13.8. The number of ether oxygens (including phenoxy) is 1. The number of carboxylic acid groups (broad SMARTS) is 2. The number of hydrogen-bond acceptors (Lipinski definition) is 10. The molecule has 0 spiro atoms. The first-order valence-corrected chi connectivity index (χ1v) is 17.2. The number of nitrogens with one attached hydrogen (secondary N) is 1. The zero-order valence-corrected chi connectivity index (χ0v) is 29.0. The monoisotopic (exact) mass is 787 g/mol. The number of aromatic nitrogens is 4. The van der Waals surface area contributed by atoms with E-state index in [1.54, 1.807) is 24.7 Å². The van der Waals surface area contributed by atoms with Gasteiger partial charge in [0.1, 0.15) is 23.6 Å². The number of hydrogen-bond donors (Lipinski definition) is 3. The highest BCUT2D eigenvalue weighted by Crippen LogP contribution is 2.40. The number of pyridine rings is 2. The van der Waals surface area contributed by atoms with Gasteiger partial charge in [-0.25, -0.2) is 14.0 Å². The van der Waals surface area contributed by atoms with E-state index in [4.69, 9.17) is 41.1 Å². The third-order valence-corrected chi connectivity index (χ3v) is 10.2. The van der Waals surface area contributed by atoms with Gasteiger partial charge < -0.3 is 25.2 Å². The molecule has 290 valence electrons. The standard InChI is InChI=1S/C30H31ClFN7O.2C2HF3O2/c31-23-5-1-4-18-12-33-13-21(24(18)23)26-25(32)27-22(14-34-26)28(38-15-19-6-7-20(16-38)35-19)37-29(36-27)40-17-30-8-2-10-39(30)11-3-9-30;2*3-2(4,5)1(6)7/h1,4-5,12-14,19-20,35H,2-3,6-11,15-17H2;2*(H,6,7)/t19-,20+;;. The Bertz CT molecular complexity index is 2000. The average Bonchev–Trinajstić information content (AvgIpc) is 3.80. The maximum Gasteiger partial charge on any atom is 0.490 e. The van der Waals surface area contributed by atoms with Crippen molar-refractivity contribution in [2.75, 3.05) is 37.7 Å². The summed E-state index contributed by atoms with van der Waals surface area (Å²) >= 11 is 6.57. The molecule has 3 N–H and O–H groups in total. The molecule has 0 unspecified atom stereocenters. The van der Waals surface area contributed by atoms with Gasteiger partial charge in [0.25, 0.3) is 0 Å². The van der Waals surface area contributed by atoms with E-state index in [-0.39, 0.29) is 22.8 Å². The Balaban J connectivity index is 0.000000304. The summed E-state index contributed by atoms with van der Waals surface area (Å²) in [5.41, 5.74) is 0.968. The Morgan fingerprint density at radius 3 is 2.15 bits per heavy atom. The van der Waals surface area contributed by atoms with Gasteiger partial charge >= 0.3 is 30.3 Å². The number of piperazine rings is 1. The van der Waals surface area contributed by atoms with E-state index in [2.05, 4.69) is 30.1 Å². The molecular weight excluding hydrogens is 755 g/mol. The number of carboxylic acids is 2. The topological polar surface area (TPSA) is 154 Å². The lowest BCUT2D eigenvalue weighted by Crippen LogP contribution is -2.51. The highest BCUT2D eigenvalue weighted by atomic mass is 35.5. The number of aliphatic carboxylic acids is 2. The Morgan fingerprint density at radius 1 is 0.944 bits per heavy atom. The van der Waals surface area contributed by atoms with Gasteiger partial charge in [-0.05, 0) is 57.7 Å². The summed E-state index contributed by atoms with van der Waals surface area (Å²) < 4.78 is 86.4. The summed E-state index contributed by atoms with van der Waals surface area (Å²) in [7, 11) is 0. The van der Waals surface area contributed by atoms with Crippen LogP contribution in [0.3, 0.4) is 0 Å². The molecule has 20 heteroatoms. The van der Waals surface area contributed by atoms with Crippen molar-refractivity contribution < 1.29 is 55.3 Å². The maximum absolute atomic E-state index is 16.5. The molecule has 4 aromatic rings. The predicted octanol–water partition coefficient (Wildman–Crippen LogP) is 6.25. The molecule has 4 saturated heterocycles. The van der Waals surface area contributed by atoms with Crippen LogP contribution in [0.4, 0.5) is 36.6 Å². The third kappa shape index (κ3) is 8.22. The molecule has 4 aliphatic heterocycles. The van der Waals surface area contributed by atoms with Crippen molar-refractivity contribution in [3.63, 3.8) is 0 Å². The molecule has 4 fully saturated rings. The maximum atomic E-state index is 16.5. The quantitative estimate of drug-likeness (QED) is 0.196. The van der Waals surface area contributed by atoms with Crippen LogP contribution < -0.4 is 15.0 Å². The molecule has 12 nitrogen and oxygen atoms in total. The molecule has 1 aromatic carbocycles. The van der Waals surface area contributed by atoms with Crippen molar-refractivity contribution in [1.29, 1.82) is 0 Å². The summed E-state index contributed by atoms with van der Waals surface area (Å²) in [6.45, 7) is 4.37. The Kier molecular flexibility index (Phi) is 11.0. The second kappa shape index (κ2) is 15.3. The third-order valence-electron chi connectivity index (χ3n) is 9.91. The SMILES string of the molecule is Fc1c(-c2cncc3cccc(Cl)c23)ncc2c(N3C[C@H]4CC[C@@H](C3)N4)nc(OCC34CCCN3CCC4)nc12.O=C(O)C(F)(F)F.O=C(O)C(F)(F)F. The summed E-state index contributed by atoms with van der Waals surface area (Å²) in [5, 5.41) is 20.6. The summed E-state index contributed by atoms with van der Waals surface area (Å²) in [4.78, 5) is 41.1. The first-order valence-electron chi connectivity index (χ1n) is 16.8.